The molecule has 0 bridgehead atoms. The highest BCUT2D eigenvalue weighted by Gasteiger charge is 2.27. The van der Waals surface area contributed by atoms with Gasteiger partial charge in [0, 0.05) is 19.3 Å². The van der Waals surface area contributed by atoms with Crippen LogP contribution in [0.1, 0.15) is 32.6 Å². The number of rotatable bonds is 6. The number of nitrogens with zero attached hydrogens (tertiary/aromatic N) is 1. The quantitative estimate of drug-likeness (QED) is 0.718. The van der Waals surface area contributed by atoms with E-state index in [4.69, 9.17) is 15.6 Å². The van der Waals surface area contributed by atoms with Gasteiger partial charge in [-0.3, -0.25) is 4.79 Å². The highest BCUT2D eigenvalue weighted by molar-refractivity contribution is 5.77. The second-order valence-electron chi connectivity index (χ2n) is 5.15. The molecule has 100 valence electrons. The lowest BCUT2D eigenvalue weighted by Crippen LogP contribution is -2.45. The summed E-state index contributed by atoms with van der Waals surface area (Å²) in [7, 11) is 2.09. The lowest BCUT2D eigenvalue weighted by molar-refractivity contribution is -0.142. The van der Waals surface area contributed by atoms with Crippen molar-refractivity contribution in [1.29, 1.82) is 0 Å². The number of carboxylic acid groups (broad SMARTS) is 1. The fourth-order valence-corrected chi connectivity index (χ4v) is 2.11. The maximum absolute atomic E-state index is 10.8. The Morgan fingerprint density at radius 3 is 2.65 bits per heavy atom. The van der Waals surface area contributed by atoms with Crippen LogP contribution < -0.4 is 5.73 Å². The zero-order chi connectivity index (χ0) is 12.9. The van der Waals surface area contributed by atoms with Crippen LogP contribution in [0, 0.1) is 0 Å². The molecule has 1 atom stereocenters. The SMILES string of the molecule is CN(CCCC(C)(N)C(=O)O)C1CCOCC1. The first-order valence-electron chi connectivity index (χ1n) is 6.24. The van der Waals surface area contributed by atoms with E-state index in [-0.39, 0.29) is 0 Å². The molecule has 1 saturated heterocycles. The molecule has 0 amide bonds. The van der Waals surface area contributed by atoms with Gasteiger partial charge in [0.2, 0.25) is 0 Å². The fraction of sp³-hybridized carbons (Fsp3) is 0.917. The Kier molecular flexibility index (Phi) is 5.36. The van der Waals surface area contributed by atoms with E-state index in [0.29, 0.717) is 12.5 Å². The normalized spacial score (nSPS) is 21.4. The van der Waals surface area contributed by atoms with Crippen molar-refractivity contribution in [2.75, 3.05) is 26.8 Å². The van der Waals surface area contributed by atoms with Crippen molar-refractivity contribution in [3.8, 4) is 0 Å². The number of hydrogen-bond acceptors (Lipinski definition) is 4. The maximum atomic E-state index is 10.8. The van der Waals surface area contributed by atoms with Gasteiger partial charge in [-0.05, 0) is 46.2 Å². The van der Waals surface area contributed by atoms with Gasteiger partial charge in [0.05, 0.1) is 0 Å². The first-order valence-corrected chi connectivity index (χ1v) is 6.24. The van der Waals surface area contributed by atoms with E-state index in [9.17, 15) is 4.79 Å². The van der Waals surface area contributed by atoms with Gasteiger partial charge >= 0.3 is 5.97 Å². The number of aliphatic carboxylic acids is 1. The lowest BCUT2D eigenvalue weighted by atomic mass is 9.97. The van der Waals surface area contributed by atoms with Gasteiger partial charge < -0.3 is 20.5 Å². The van der Waals surface area contributed by atoms with Crippen molar-refractivity contribution in [2.45, 2.75) is 44.2 Å². The highest BCUT2D eigenvalue weighted by atomic mass is 16.5. The monoisotopic (exact) mass is 244 g/mol. The van der Waals surface area contributed by atoms with E-state index in [1.807, 2.05) is 0 Å². The standard InChI is InChI=1S/C12H24N2O3/c1-12(13,11(15)16)6-3-7-14(2)10-4-8-17-9-5-10/h10H,3-9,13H2,1-2H3,(H,15,16). The van der Waals surface area contributed by atoms with Crippen LogP contribution in [0.5, 0.6) is 0 Å². The van der Waals surface area contributed by atoms with Gasteiger partial charge in [0.1, 0.15) is 5.54 Å². The highest BCUT2D eigenvalue weighted by Crippen LogP contribution is 2.15. The zero-order valence-electron chi connectivity index (χ0n) is 10.8. The Hall–Kier alpha value is -0.650. The molecule has 0 saturated carbocycles. The third-order valence-electron chi connectivity index (χ3n) is 3.51. The number of ether oxygens (including phenoxy) is 1. The molecule has 0 aliphatic carbocycles. The second kappa shape index (κ2) is 6.33. The second-order valence-corrected chi connectivity index (χ2v) is 5.15. The van der Waals surface area contributed by atoms with Crippen LogP contribution >= 0.6 is 0 Å². The van der Waals surface area contributed by atoms with Gasteiger partial charge in [-0.1, -0.05) is 0 Å². The largest absolute Gasteiger partial charge is 0.480 e. The summed E-state index contributed by atoms with van der Waals surface area (Å²) in [6, 6.07) is 0.567. The Labute approximate surface area is 103 Å². The summed E-state index contributed by atoms with van der Waals surface area (Å²) in [5.74, 6) is -0.925. The van der Waals surface area contributed by atoms with Crippen LogP contribution in [0.25, 0.3) is 0 Å². The van der Waals surface area contributed by atoms with E-state index >= 15 is 0 Å². The predicted molar refractivity (Wildman–Crippen MR) is 65.9 cm³/mol. The third-order valence-corrected chi connectivity index (χ3v) is 3.51. The van der Waals surface area contributed by atoms with Gasteiger partial charge in [-0.25, -0.2) is 0 Å². The van der Waals surface area contributed by atoms with Crippen LogP contribution in [0.3, 0.4) is 0 Å². The molecule has 3 N–H and O–H groups in total. The van der Waals surface area contributed by atoms with E-state index in [1.54, 1.807) is 6.92 Å². The Bertz CT molecular complexity index is 250. The summed E-state index contributed by atoms with van der Waals surface area (Å²) in [5, 5.41) is 8.90. The average molecular weight is 244 g/mol. The predicted octanol–water partition coefficient (Wildman–Crippen LogP) is 0.679. The first-order chi connectivity index (χ1) is 7.93. The van der Waals surface area contributed by atoms with Gasteiger partial charge in [0.15, 0.2) is 0 Å². The minimum absolute atomic E-state index is 0.510. The van der Waals surface area contributed by atoms with Crippen molar-refractivity contribution < 1.29 is 14.6 Å². The topological polar surface area (TPSA) is 75.8 Å². The summed E-state index contributed by atoms with van der Waals surface area (Å²) >= 11 is 0. The molecule has 1 rings (SSSR count). The van der Waals surface area contributed by atoms with E-state index in [0.717, 1.165) is 39.0 Å². The smallest absolute Gasteiger partial charge is 0.323 e. The molecule has 1 unspecified atom stereocenters. The van der Waals surface area contributed by atoms with Gasteiger partial charge in [-0.15, -0.1) is 0 Å². The molecular weight excluding hydrogens is 220 g/mol. The van der Waals surface area contributed by atoms with Gasteiger partial charge in [-0.2, -0.15) is 0 Å². The third kappa shape index (κ3) is 4.61. The average Bonchev–Trinajstić information content (AvgIpc) is 2.29. The summed E-state index contributed by atoms with van der Waals surface area (Å²) in [5.41, 5.74) is 4.59. The van der Waals surface area contributed by atoms with Crippen molar-refractivity contribution in [2.24, 2.45) is 5.73 Å². The molecule has 17 heavy (non-hydrogen) atoms. The summed E-state index contributed by atoms with van der Waals surface area (Å²) in [4.78, 5) is 13.1. The molecule has 1 heterocycles. The molecule has 1 aliphatic heterocycles. The van der Waals surface area contributed by atoms with E-state index in [2.05, 4.69) is 11.9 Å². The number of nitrogens with two attached hydrogens (primary N) is 1. The minimum atomic E-state index is -1.10. The fourth-order valence-electron chi connectivity index (χ4n) is 2.11. The molecule has 0 aromatic heterocycles. The van der Waals surface area contributed by atoms with Crippen LogP contribution in [0.15, 0.2) is 0 Å². The summed E-state index contributed by atoms with van der Waals surface area (Å²) in [6.07, 6.45) is 3.45. The van der Waals surface area contributed by atoms with Crippen LogP contribution in [-0.4, -0.2) is 54.4 Å². The van der Waals surface area contributed by atoms with Crippen molar-refractivity contribution in [1.82, 2.24) is 4.90 Å². The number of hydrogen-bond donors (Lipinski definition) is 2. The maximum Gasteiger partial charge on any atom is 0.323 e. The van der Waals surface area contributed by atoms with Crippen molar-refractivity contribution in [3.05, 3.63) is 0 Å². The molecular formula is C12H24N2O3. The number of carboxylic acids is 1. The molecule has 0 spiro atoms. The Morgan fingerprint density at radius 1 is 1.53 bits per heavy atom. The zero-order valence-corrected chi connectivity index (χ0v) is 10.8. The lowest BCUT2D eigenvalue weighted by Gasteiger charge is -2.31. The molecule has 1 fully saturated rings. The molecule has 0 radical (unpaired) electrons. The Balaban J connectivity index is 2.23. The minimum Gasteiger partial charge on any atom is -0.480 e. The van der Waals surface area contributed by atoms with Crippen LogP contribution in [0.2, 0.25) is 0 Å². The number of carbonyl (C=O) groups is 1. The van der Waals surface area contributed by atoms with Gasteiger partial charge in [0.25, 0.3) is 0 Å². The molecule has 5 nitrogen and oxygen atoms in total. The van der Waals surface area contributed by atoms with Crippen molar-refractivity contribution >= 4 is 5.97 Å². The van der Waals surface area contributed by atoms with Crippen molar-refractivity contribution in [3.63, 3.8) is 0 Å². The summed E-state index contributed by atoms with van der Waals surface area (Å²) in [6.45, 7) is 4.13. The Morgan fingerprint density at radius 2 is 2.12 bits per heavy atom. The molecule has 1 aliphatic rings. The summed E-state index contributed by atoms with van der Waals surface area (Å²) < 4.78 is 5.32. The van der Waals surface area contributed by atoms with E-state index < -0.39 is 11.5 Å². The molecule has 0 aromatic rings. The molecule has 5 heteroatoms. The van der Waals surface area contributed by atoms with E-state index in [1.165, 1.54) is 0 Å². The van der Waals surface area contributed by atoms with Crippen LogP contribution in [0.4, 0.5) is 0 Å². The molecule has 0 aromatic carbocycles. The van der Waals surface area contributed by atoms with Crippen LogP contribution in [-0.2, 0) is 9.53 Å². The first kappa shape index (κ1) is 14.4.